The molecule has 0 aromatic heterocycles. The maximum absolute atomic E-state index is 13.4. The van der Waals surface area contributed by atoms with Crippen molar-refractivity contribution in [3.05, 3.63) is 60.2 Å². The molecule has 0 saturated carbocycles. The van der Waals surface area contributed by atoms with Gasteiger partial charge in [0, 0.05) is 31.3 Å². The molecule has 39 heavy (non-hydrogen) atoms. The number of anilines is 2. The summed E-state index contributed by atoms with van der Waals surface area (Å²) in [6.07, 6.45) is 0.562. The number of hydrogen-bond donors (Lipinski definition) is 3. The summed E-state index contributed by atoms with van der Waals surface area (Å²) in [7, 11) is 1.91. The summed E-state index contributed by atoms with van der Waals surface area (Å²) in [6, 6.07) is 13.8. The predicted molar refractivity (Wildman–Crippen MR) is 146 cm³/mol. The van der Waals surface area contributed by atoms with Crippen LogP contribution in [0.5, 0.6) is 0 Å². The number of nitriles is 1. The van der Waals surface area contributed by atoms with Crippen molar-refractivity contribution in [3.8, 4) is 6.07 Å². The first kappa shape index (κ1) is 34.7. The minimum Gasteiger partial charge on any atom is -0.388 e. The standard InChI is InChI=1S/C15H13F2N3O3.C7H9N.C5H12.CH3NO/c16-10-1-2-13(12(17)4-10)19-14(22)5-15(23)20-7-9(8-21)3-11(20)6-18;1-8-7-5-3-2-4-6-7;1-5(2,3)4;2-1-3/h1-2,4,8-9,11H,3,5,7H2,(H,19,22);2-6,8H,1H3;1-4H3;1H,(H2,2,3). The Hall–Kier alpha value is -4.33. The first-order valence-electron chi connectivity index (χ1n) is 12.1. The van der Waals surface area contributed by atoms with E-state index in [0.29, 0.717) is 17.8 Å². The molecular weight excluding hydrogens is 508 g/mol. The molecule has 11 heteroatoms. The van der Waals surface area contributed by atoms with E-state index in [1.54, 1.807) is 0 Å². The lowest BCUT2D eigenvalue weighted by atomic mass is 10.0. The van der Waals surface area contributed by atoms with E-state index >= 15 is 0 Å². The number of nitrogens with one attached hydrogen (secondary N) is 2. The first-order chi connectivity index (χ1) is 18.3. The van der Waals surface area contributed by atoms with Gasteiger partial charge in [-0.2, -0.15) is 5.26 Å². The van der Waals surface area contributed by atoms with Crippen LogP contribution in [0.25, 0.3) is 0 Å². The van der Waals surface area contributed by atoms with Crippen LogP contribution < -0.4 is 16.4 Å². The molecule has 9 nitrogen and oxygen atoms in total. The van der Waals surface area contributed by atoms with E-state index < -0.39 is 41.8 Å². The second kappa shape index (κ2) is 18.0. The van der Waals surface area contributed by atoms with Crippen molar-refractivity contribution in [1.82, 2.24) is 4.90 Å². The number of nitrogens with zero attached hydrogens (tertiary/aromatic N) is 2. The fourth-order valence-electron chi connectivity index (χ4n) is 2.99. The van der Waals surface area contributed by atoms with Gasteiger partial charge < -0.3 is 26.1 Å². The number of para-hydroxylation sites is 1. The van der Waals surface area contributed by atoms with Crippen LogP contribution in [0.2, 0.25) is 0 Å². The maximum Gasteiger partial charge on any atom is 0.233 e. The highest BCUT2D eigenvalue weighted by Crippen LogP contribution is 2.22. The van der Waals surface area contributed by atoms with Gasteiger partial charge in [0.05, 0.1) is 11.8 Å². The smallest absolute Gasteiger partial charge is 0.233 e. The highest BCUT2D eigenvalue weighted by Gasteiger charge is 2.35. The Morgan fingerprint density at radius 3 is 2.13 bits per heavy atom. The van der Waals surface area contributed by atoms with Crippen molar-refractivity contribution in [2.24, 2.45) is 17.1 Å². The molecule has 0 bridgehead atoms. The van der Waals surface area contributed by atoms with Crippen molar-refractivity contribution in [2.45, 2.75) is 46.6 Å². The molecule has 2 aromatic carbocycles. The van der Waals surface area contributed by atoms with Crippen LogP contribution in [0.3, 0.4) is 0 Å². The molecular formula is C28H37F2N5O4. The Balaban J connectivity index is 0.000000734. The molecule has 3 amide bonds. The Morgan fingerprint density at radius 2 is 1.69 bits per heavy atom. The summed E-state index contributed by atoms with van der Waals surface area (Å²) in [6.45, 7) is 8.83. The predicted octanol–water partition coefficient (Wildman–Crippen LogP) is 4.12. The number of carbonyl (C=O) groups is 4. The second-order valence-electron chi connectivity index (χ2n) is 9.92. The Morgan fingerprint density at radius 1 is 1.13 bits per heavy atom. The second-order valence-corrected chi connectivity index (χ2v) is 9.92. The molecule has 3 rings (SSSR count). The van der Waals surface area contributed by atoms with Gasteiger partial charge in [-0.15, -0.1) is 0 Å². The zero-order valence-corrected chi connectivity index (χ0v) is 22.9. The van der Waals surface area contributed by atoms with Crippen molar-refractivity contribution in [2.75, 3.05) is 24.2 Å². The van der Waals surface area contributed by atoms with Gasteiger partial charge in [0.15, 0.2) is 0 Å². The quantitative estimate of drug-likeness (QED) is 0.381. The van der Waals surface area contributed by atoms with E-state index in [1.807, 2.05) is 43.4 Å². The van der Waals surface area contributed by atoms with Crippen LogP contribution in [0.1, 0.15) is 40.5 Å². The molecule has 1 heterocycles. The molecule has 2 aromatic rings. The highest BCUT2D eigenvalue weighted by atomic mass is 19.1. The summed E-state index contributed by atoms with van der Waals surface area (Å²) in [5, 5.41) is 14.2. The van der Waals surface area contributed by atoms with Gasteiger partial charge in [-0.3, -0.25) is 14.4 Å². The topological polar surface area (TPSA) is 145 Å². The molecule has 212 valence electrons. The van der Waals surface area contributed by atoms with Crippen LogP contribution in [0, 0.1) is 34.3 Å². The van der Waals surface area contributed by atoms with Gasteiger partial charge in [-0.05, 0) is 36.1 Å². The SMILES string of the molecule is CC(C)(C)C.CNc1ccccc1.N#CC1CC(C=O)CN1C(=O)CC(=O)Nc1ccc(F)cc1F.NC=O. The van der Waals surface area contributed by atoms with Crippen molar-refractivity contribution >= 4 is 35.9 Å². The number of rotatable bonds is 5. The van der Waals surface area contributed by atoms with Gasteiger partial charge in [-0.1, -0.05) is 45.9 Å². The summed E-state index contributed by atoms with van der Waals surface area (Å²) >= 11 is 0. The minimum atomic E-state index is -0.956. The van der Waals surface area contributed by atoms with Gasteiger partial charge in [0.2, 0.25) is 18.2 Å². The minimum absolute atomic E-state index is 0.0821. The lowest BCUT2D eigenvalue weighted by Gasteiger charge is -2.19. The van der Waals surface area contributed by atoms with Gasteiger partial charge in [0.1, 0.15) is 30.4 Å². The molecule has 1 fully saturated rings. The fourth-order valence-corrected chi connectivity index (χ4v) is 2.99. The maximum atomic E-state index is 13.4. The van der Waals surface area contributed by atoms with E-state index in [9.17, 15) is 23.2 Å². The van der Waals surface area contributed by atoms with Crippen LogP contribution >= 0.6 is 0 Å². The van der Waals surface area contributed by atoms with E-state index in [1.165, 1.54) is 4.90 Å². The zero-order valence-electron chi connectivity index (χ0n) is 22.9. The fraction of sp³-hybridized carbons (Fsp3) is 0.393. The number of likely N-dealkylation sites (tertiary alicyclic amines) is 1. The molecule has 1 saturated heterocycles. The zero-order chi connectivity index (χ0) is 30.0. The van der Waals surface area contributed by atoms with E-state index in [2.05, 4.69) is 44.1 Å². The molecule has 2 unspecified atom stereocenters. The highest BCUT2D eigenvalue weighted by molar-refractivity contribution is 6.03. The summed E-state index contributed by atoms with van der Waals surface area (Å²) in [5.74, 6) is -3.58. The Labute approximate surface area is 228 Å². The van der Waals surface area contributed by atoms with Gasteiger partial charge in [0.25, 0.3) is 0 Å². The third-order valence-corrected chi connectivity index (χ3v) is 4.57. The molecule has 4 N–H and O–H groups in total. The Bertz CT molecular complexity index is 1100. The average Bonchev–Trinajstić information content (AvgIpc) is 3.30. The number of carbonyl (C=O) groups excluding carboxylic acids is 4. The lowest BCUT2D eigenvalue weighted by Crippen LogP contribution is -2.37. The lowest BCUT2D eigenvalue weighted by molar-refractivity contribution is -0.134. The summed E-state index contributed by atoms with van der Waals surface area (Å²) in [5.41, 5.74) is 5.58. The van der Waals surface area contributed by atoms with Crippen LogP contribution in [0.15, 0.2) is 48.5 Å². The van der Waals surface area contributed by atoms with E-state index in [4.69, 9.17) is 10.1 Å². The Kier molecular flexibility index (Phi) is 16.0. The van der Waals surface area contributed by atoms with E-state index in [-0.39, 0.29) is 25.1 Å². The number of halogens is 2. The van der Waals surface area contributed by atoms with Crippen molar-refractivity contribution in [1.29, 1.82) is 5.26 Å². The van der Waals surface area contributed by atoms with Crippen molar-refractivity contribution in [3.63, 3.8) is 0 Å². The molecule has 1 aliphatic heterocycles. The monoisotopic (exact) mass is 545 g/mol. The molecule has 0 aliphatic carbocycles. The number of aldehydes is 1. The molecule has 0 radical (unpaired) electrons. The average molecular weight is 546 g/mol. The number of hydrogen-bond acceptors (Lipinski definition) is 6. The van der Waals surface area contributed by atoms with Crippen LogP contribution in [0.4, 0.5) is 20.2 Å². The normalized spacial score (nSPS) is 15.4. The summed E-state index contributed by atoms with van der Waals surface area (Å²) < 4.78 is 26.2. The first-order valence-corrected chi connectivity index (χ1v) is 12.1. The van der Waals surface area contributed by atoms with Gasteiger partial charge >= 0.3 is 0 Å². The molecule has 1 aliphatic rings. The van der Waals surface area contributed by atoms with Crippen LogP contribution in [-0.4, -0.2) is 49.0 Å². The molecule has 0 spiro atoms. The van der Waals surface area contributed by atoms with Crippen molar-refractivity contribution < 1.29 is 28.0 Å². The largest absolute Gasteiger partial charge is 0.388 e. The number of primary amides is 1. The number of nitrogens with two attached hydrogens (primary N) is 1. The third kappa shape index (κ3) is 15.5. The van der Waals surface area contributed by atoms with Gasteiger partial charge in [-0.25, -0.2) is 8.78 Å². The number of benzene rings is 2. The molecule has 2 atom stereocenters. The van der Waals surface area contributed by atoms with Crippen LogP contribution in [-0.2, 0) is 19.2 Å². The number of amides is 3. The van der Waals surface area contributed by atoms with E-state index in [0.717, 1.165) is 17.8 Å². The summed E-state index contributed by atoms with van der Waals surface area (Å²) in [4.78, 5) is 44.4. The third-order valence-electron chi connectivity index (χ3n) is 4.57.